The van der Waals surface area contributed by atoms with Crippen molar-refractivity contribution in [3.05, 3.63) is 100 Å². The Hall–Kier alpha value is -3.51. The van der Waals surface area contributed by atoms with Gasteiger partial charge in [0.05, 0.1) is 18.8 Å². The summed E-state index contributed by atoms with van der Waals surface area (Å²) in [5.41, 5.74) is 6.04. The molecule has 1 N–H and O–H groups in total. The third kappa shape index (κ3) is 4.30. The molecule has 2 aromatic carbocycles. The number of benzene rings is 2. The van der Waals surface area contributed by atoms with Crippen LogP contribution in [0.1, 0.15) is 64.0 Å². The third-order valence-corrected chi connectivity index (χ3v) is 8.00. The van der Waals surface area contributed by atoms with Crippen LogP contribution in [0.25, 0.3) is 0 Å². The molecular formula is C30H33N3O3. The van der Waals surface area contributed by atoms with E-state index < -0.39 is 0 Å². The molecule has 1 fully saturated rings. The fraction of sp³-hybridized carbons (Fsp3) is 0.367. The number of carbonyl (C=O) groups excluding carboxylic acids is 2. The minimum Gasteiger partial charge on any atom is -0.370 e. The van der Waals surface area contributed by atoms with Crippen LogP contribution in [-0.4, -0.2) is 40.9 Å². The number of pyridine rings is 1. The molecule has 186 valence electrons. The lowest BCUT2D eigenvalue weighted by atomic mass is 9.71. The van der Waals surface area contributed by atoms with Gasteiger partial charge in [-0.25, -0.2) is 0 Å². The molecule has 0 saturated carbocycles. The summed E-state index contributed by atoms with van der Waals surface area (Å²) in [7, 11) is 0. The quantitative estimate of drug-likeness (QED) is 0.574. The predicted octanol–water partition coefficient (Wildman–Crippen LogP) is 4.65. The predicted molar refractivity (Wildman–Crippen MR) is 139 cm³/mol. The second kappa shape index (κ2) is 9.86. The van der Waals surface area contributed by atoms with Gasteiger partial charge in [-0.15, -0.1) is 0 Å². The zero-order valence-corrected chi connectivity index (χ0v) is 21.2. The first-order chi connectivity index (χ1) is 17.4. The van der Waals surface area contributed by atoms with Crippen molar-refractivity contribution in [3.8, 4) is 0 Å². The van der Waals surface area contributed by atoms with Gasteiger partial charge in [0.25, 0.3) is 5.91 Å². The molecule has 2 amide bonds. The van der Waals surface area contributed by atoms with Crippen molar-refractivity contribution < 1.29 is 14.3 Å². The molecule has 5 rings (SSSR count). The molecule has 3 aromatic rings. The summed E-state index contributed by atoms with van der Waals surface area (Å²) >= 11 is 0. The van der Waals surface area contributed by atoms with Crippen molar-refractivity contribution in [2.75, 3.05) is 13.1 Å². The molecule has 2 atom stereocenters. The molecule has 6 heteroatoms. The third-order valence-electron chi connectivity index (χ3n) is 8.00. The van der Waals surface area contributed by atoms with E-state index >= 15 is 0 Å². The van der Waals surface area contributed by atoms with Crippen LogP contribution in [0.5, 0.6) is 0 Å². The number of piperidine rings is 1. The van der Waals surface area contributed by atoms with Gasteiger partial charge in [0.15, 0.2) is 0 Å². The summed E-state index contributed by atoms with van der Waals surface area (Å²) in [4.78, 5) is 31.8. The van der Waals surface area contributed by atoms with E-state index in [4.69, 9.17) is 4.74 Å². The van der Waals surface area contributed by atoms with Crippen molar-refractivity contribution >= 4 is 11.8 Å². The van der Waals surface area contributed by atoms with Gasteiger partial charge in [-0.3, -0.25) is 14.6 Å². The second-order valence-corrected chi connectivity index (χ2v) is 10.0. The monoisotopic (exact) mass is 483 g/mol. The zero-order chi connectivity index (χ0) is 25.3. The fourth-order valence-corrected chi connectivity index (χ4v) is 5.97. The van der Waals surface area contributed by atoms with Gasteiger partial charge in [-0.2, -0.15) is 0 Å². The lowest BCUT2D eigenvalue weighted by Gasteiger charge is -2.44. The molecule has 1 aliphatic heterocycles. The van der Waals surface area contributed by atoms with Gasteiger partial charge in [0.2, 0.25) is 5.91 Å². The number of rotatable bonds is 5. The minimum absolute atomic E-state index is 0.0769. The van der Waals surface area contributed by atoms with Crippen LogP contribution in [0.4, 0.5) is 0 Å². The summed E-state index contributed by atoms with van der Waals surface area (Å²) in [5.74, 6) is 0.0110. The standard InChI is InChI=1S/C30H33N3O3/c1-20-7-6-9-24(21(20)2)29(35)33-17-13-30(14-18-33)26-10-5-4-8-25(26)27(32-22(3)34)28(30)36-19-23-11-15-31-16-12-23/h4-12,15-16,27-28H,13-14,17-19H2,1-3H3,(H,32,34)/t27-,28+/m1/s1. The topological polar surface area (TPSA) is 71.5 Å². The largest absolute Gasteiger partial charge is 0.370 e. The van der Waals surface area contributed by atoms with E-state index in [9.17, 15) is 9.59 Å². The Kier molecular flexibility index (Phi) is 6.63. The van der Waals surface area contributed by atoms with Crippen LogP contribution in [-0.2, 0) is 21.6 Å². The Morgan fingerprint density at radius 2 is 1.75 bits per heavy atom. The molecule has 0 radical (unpaired) electrons. The summed E-state index contributed by atoms with van der Waals surface area (Å²) in [6.45, 7) is 7.33. The Balaban J connectivity index is 1.44. The van der Waals surface area contributed by atoms with E-state index in [1.54, 1.807) is 19.3 Å². The molecule has 0 bridgehead atoms. The number of nitrogens with one attached hydrogen (secondary N) is 1. The number of likely N-dealkylation sites (tertiary alicyclic amines) is 1. The number of aryl methyl sites for hydroxylation is 1. The van der Waals surface area contributed by atoms with Gasteiger partial charge in [-0.1, -0.05) is 36.4 Å². The van der Waals surface area contributed by atoms with E-state index in [0.717, 1.165) is 40.7 Å². The highest BCUT2D eigenvalue weighted by Gasteiger charge is 2.54. The van der Waals surface area contributed by atoms with Crippen molar-refractivity contribution in [3.63, 3.8) is 0 Å². The minimum atomic E-state index is -0.283. The van der Waals surface area contributed by atoms with E-state index in [-0.39, 0.29) is 29.4 Å². The first-order valence-corrected chi connectivity index (χ1v) is 12.6. The number of hydrogen-bond acceptors (Lipinski definition) is 4. The molecule has 36 heavy (non-hydrogen) atoms. The molecular weight excluding hydrogens is 450 g/mol. The molecule has 1 aliphatic carbocycles. The SMILES string of the molecule is CC(=O)N[C@@H]1c2ccccc2C2(CCN(C(=O)c3cccc(C)c3C)CC2)[C@H]1OCc1ccncc1. The maximum absolute atomic E-state index is 13.5. The molecule has 2 aliphatic rings. The van der Waals surface area contributed by atoms with Gasteiger partial charge in [0.1, 0.15) is 0 Å². The number of fused-ring (bicyclic) bond motifs is 2. The van der Waals surface area contributed by atoms with Crippen molar-refractivity contribution in [1.82, 2.24) is 15.2 Å². The van der Waals surface area contributed by atoms with Gasteiger partial charge >= 0.3 is 0 Å². The number of ether oxygens (including phenoxy) is 1. The highest BCUT2D eigenvalue weighted by atomic mass is 16.5. The van der Waals surface area contributed by atoms with Crippen LogP contribution in [0, 0.1) is 13.8 Å². The number of aromatic nitrogens is 1. The van der Waals surface area contributed by atoms with E-state index in [2.05, 4.69) is 28.5 Å². The highest BCUT2D eigenvalue weighted by molar-refractivity contribution is 5.96. The van der Waals surface area contributed by atoms with Gasteiger partial charge < -0.3 is 15.0 Å². The first kappa shape index (κ1) is 24.2. The average molecular weight is 484 g/mol. The number of carbonyl (C=O) groups is 2. The maximum Gasteiger partial charge on any atom is 0.254 e. The van der Waals surface area contributed by atoms with Crippen LogP contribution >= 0.6 is 0 Å². The Morgan fingerprint density at radius 1 is 1.03 bits per heavy atom. The zero-order valence-electron chi connectivity index (χ0n) is 21.2. The summed E-state index contributed by atoms with van der Waals surface area (Å²) < 4.78 is 6.65. The van der Waals surface area contributed by atoms with Gasteiger partial charge in [-0.05, 0) is 72.7 Å². The summed E-state index contributed by atoms with van der Waals surface area (Å²) in [6.07, 6.45) is 4.85. The Labute approximate surface area is 212 Å². The van der Waals surface area contributed by atoms with Crippen molar-refractivity contribution in [2.24, 2.45) is 0 Å². The Morgan fingerprint density at radius 3 is 2.47 bits per heavy atom. The van der Waals surface area contributed by atoms with Crippen LogP contribution in [0.15, 0.2) is 67.0 Å². The van der Waals surface area contributed by atoms with Crippen LogP contribution in [0.3, 0.4) is 0 Å². The summed E-state index contributed by atoms with van der Waals surface area (Å²) in [6, 6.07) is 17.9. The lowest BCUT2D eigenvalue weighted by molar-refractivity contribution is -0.122. The molecule has 6 nitrogen and oxygen atoms in total. The molecule has 2 heterocycles. The van der Waals surface area contributed by atoms with E-state index in [1.165, 1.54) is 5.56 Å². The molecule has 1 aromatic heterocycles. The molecule has 1 spiro atoms. The maximum atomic E-state index is 13.5. The number of nitrogens with zero attached hydrogens (tertiary/aromatic N) is 2. The first-order valence-electron chi connectivity index (χ1n) is 12.6. The van der Waals surface area contributed by atoms with Crippen molar-refractivity contribution in [1.29, 1.82) is 0 Å². The highest BCUT2D eigenvalue weighted by Crippen LogP contribution is 2.52. The normalized spacial score (nSPS) is 20.2. The van der Waals surface area contributed by atoms with Crippen molar-refractivity contribution in [2.45, 2.75) is 57.8 Å². The fourth-order valence-electron chi connectivity index (χ4n) is 5.97. The number of amides is 2. The molecule has 1 saturated heterocycles. The van der Waals surface area contributed by atoms with Gasteiger partial charge in [0, 0.05) is 43.4 Å². The van der Waals surface area contributed by atoms with Crippen LogP contribution in [0.2, 0.25) is 0 Å². The smallest absolute Gasteiger partial charge is 0.254 e. The molecule has 0 unspecified atom stereocenters. The van der Waals surface area contributed by atoms with E-state index in [0.29, 0.717) is 19.7 Å². The second-order valence-electron chi connectivity index (χ2n) is 10.0. The average Bonchev–Trinajstić information content (AvgIpc) is 3.13. The van der Waals surface area contributed by atoms with Crippen LogP contribution < -0.4 is 5.32 Å². The summed E-state index contributed by atoms with van der Waals surface area (Å²) in [5, 5.41) is 3.17. The number of hydrogen-bond donors (Lipinski definition) is 1. The lowest BCUT2D eigenvalue weighted by Crippen LogP contribution is -2.52. The van der Waals surface area contributed by atoms with E-state index in [1.807, 2.05) is 55.1 Å². The Bertz CT molecular complexity index is 1270.